The molecule has 2 aromatic carbocycles. The molecule has 0 spiro atoms. The van der Waals surface area contributed by atoms with Crippen LogP contribution in [-0.2, 0) is 10.0 Å². The van der Waals surface area contributed by atoms with E-state index >= 15 is 0 Å². The number of aromatic nitrogens is 3. The van der Waals surface area contributed by atoms with Crippen LogP contribution in [0.5, 0.6) is 5.75 Å². The van der Waals surface area contributed by atoms with Gasteiger partial charge in [0, 0.05) is 5.56 Å². The number of methoxy groups -OCH3 is 1. The highest BCUT2D eigenvalue weighted by Gasteiger charge is 2.20. The number of rotatable bonds is 5. The number of fused-ring (bicyclic) bond motifs is 1. The molecule has 4 rings (SSSR count). The van der Waals surface area contributed by atoms with E-state index in [9.17, 15) is 22.4 Å². The van der Waals surface area contributed by atoms with Crippen molar-refractivity contribution in [3.05, 3.63) is 79.7 Å². The van der Waals surface area contributed by atoms with Gasteiger partial charge in [-0.2, -0.15) is 0 Å². The molecule has 0 aliphatic carbocycles. The molecule has 12 heteroatoms. The predicted octanol–water partition coefficient (Wildman–Crippen LogP) is 3.19. The van der Waals surface area contributed by atoms with Gasteiger partial charge in [-0.25, -0.2) is 12.8 Å². The highest BCUT2D eigenvalue weighted by atomic mass is 35.5. The van der Waals surface area contributed by atoms with Crippen LogP contribution in [0.1, 0.15) is 5.56 Å². The summed E-state index contributed by atoms with van der Waals surface area (Å²) in [7, 11) is -2.76. The molecule has 0 saturated carbocycles. The summed E-state index contributed by atoms with van der Waals surface area (Å²) in [5.41, 5.74) is -0.247. The Bertz CT molecular complexity index is 1630. The highest BCUT2D eigenvalue weighted by Crippen LogP contribution is 2.31. The van der Waals surface area contributed by atoms with E-state index in [1.807, 2.05) is 0 Å². The molecule has 0 unspecified atom stereocenters. The maximum Gasteiger partial charge on any atom is 0.314 e. The lowest BCUT2D eigenvalue weighted by Gasteiger charge is -2.13. The molecule has 0 aliphatic heterocycles. The number of anilines is 1. The Labute approximate surface area is 191 Å². The molecule has 0 amide bonds. The van der Waals surface area contributed by atoms with E-state index in [1.54, 1.807) is 13.0 Å². The first-order chi connectivity index (χ1) is 15.6. The Morgan fingerprint density at radius 3 is 2.33 bits per heavy atom. The molecule has 0 radical (unpaired) electrons. The molecule has 4 aromatic rings. The van der Waals surface area contributed by atoms with Gasteiger partial charge in [0.1, 0.15) is 0 Å². The van der Waals surface area contributed by atoms with Gasteiger partial charge in [0.2, 0.25) is 0 Å². The number of ether oxygens (including phenoxy) is 1. The number of hydrogen-bond acceptors (Lipinski definition) is 6. The van der Waals surface area contributed by atoms with Crippen molar-refractivity contribution < 1.29 is 17.5 Å². The second kappa shape index (κ2) is 8.34. The van der Waals surface area contributed by atoms with Gasteiger partial charge in [-0.05, 0) is 48.9 Å². The second-order valence-corrected chi connectivity index (χ2v) is 9.14. The van der Waals surface area contributed by atoms with Crippen molar-refractivity contribution in [2.75, 3.05) is 11.8 Å². The van der Waals surface area contributed by atoms with Crippen molar-refractivity contribution in [3.8, 4) is 17.0 Å². The van der Waals surface area contributed by atoms with Crippen LogP contribution in [0.25, 0.3) is 22.3 Å². The van der Waals surface area contributed by atoms with Crippen LogP contribution in [0.15, 0.2) is 57.1 Å². The van der Waals surface area contributed by atoms with E-state index in [1.165, 1.54) is 43.6 Å². The maximum absolute atomic E-state index is 14.0. The zero-order valence-electron chi connectivity index (χ0n) is 17.2. The second-order valence-electron chi connectivity index (χ2n) is 7.08. The molecule has 3 N–H and O–H groups in total. The molecule has 0 aliphatic rings. The van der Waals surface area contributed by atoms with Crippen LogP contribution < -0.4 is 20.6 Å². The van der Waals surface area contributed by atoms with Crippen LogP contribution in [0, 0.1) is 12.7 Å². The SMILES string of the molecule is COc1ccc(-c2ncc(NS(=O)(=O)c3cc4[nH]c(=O)c(=O)[nH]c4cc3C)cc2Cl)cc1F. The monoisotopic (exact) mass is 490 g/mol. The Morgan fingerprint density at radius 2 is 1.73 bits per heavy atom. The van der Waals surface area contributed by atoms with Crippen molar-refractivity contribution in [3.63, 3.8) is 0 Å². The summed E-state index contributed by atoms with van der Waals surface area (Å²) in [6.07, 6.45) is 1.25. The quantitative estimate of drug-likeness (QED) is 0.368. The van der Waals surface area contributed by atoms with Gasteiger partial charge in [0.25, 0.3) is 10.0 Å². The number of hydrogen-bond donors (Lipinski definition) is 3. The summed E-state index contributed by atoms with van der Waals surface area (Å²) in [4.78, 5) is 31.9. The number of benzene rings is 2. The van der Waals surface area contributed by atoms with Gasteiger partial charge >= 0.3 is 11.1 Å². The first-order valence-electron chi connectivity index (χ1n) is 9.38. The van der Waals surface area contributed by atoms with Gasteiger partial charge in [-0.3, -0.25) is 19.3 Å². The van der Waals surface area contributed by atoms with E-state index in [2.05, 4.69) is 19.7 Å². The van der Waals surface area contributed by atoms with E-state index < -0.39 is 27.0 Å². The summed E-state index contributed by atoms with van der Waals surface area (Å²) in [6.45, 7) is 1.55. The standard InChI is InChI=1S/C21H16ClFN4O5S/c1-10-5-15-16(26-21(29)20(28)25-15)8-18(10)33(30,31)27-12-7-13(22)19(24-9-12)11-3-4-17(32-2)14(23)6-11/h3-9,27H,1-2H3,(H,25,28)(H,26,29). The minimum atomic E-state index is -4.11. The number of pyridine rings is 1. The molecule has 0 saturated heterocycles. The van der Waals surface area contributed by atoms with E-state index in [-0.39, 0.29) is 38.1 Å². The number of halogens is 2. The summed E-state index contributed by atoms with van der Waals surface area (Å²) >= 11 is 6.28. The summed E-state index contributed by atoms with van der Waals surface area (Å²) in [6, 6.07) is 8.24. The third-order valence-electron chi connectivity index (χ3n) is 4.83. The van der Waals surface area contributed by atoms with Crippen molar-refractivity contribution in [2.45, 2.75) is 11.8 Å². The zero-order valence-corrected chi connectivity index (χ0v) is 18.8. The lowest BCUT2D eigenvalue weighted by Crippen LogP contribution is -2.29. The molecule has 2 heterocycles. The Hall–Kier alpha value is -3.70. The number of nitrogens with zero attached hydrogens (tertiary/aromatic N) is 1. The smallest absolute Gasteiger partial charge is 0.314 e. The van der Waals surface area contributed by atoms with E-state index in [0.717, 1.165) is 0 Å². The number of aromatic amines is 2. The molecule has 170 valence electrons. The molecule has 0 bridgehead atoms. The molecule has 2 aromatic heterocycles. The van der Waals surface area contributed by atoms with Crippen LogP contribution in [0.3, 0.4) is 0 Å². The minimum Gasteiger partial charge on any atom is -0.494 e. The third-order valence-corrected chi connectivity index (χ3v) is 6.64. The van der Waals surface area contributed by atoms with Gasteiger partial charge in [0.15, 0.2) is 11.6 Å². The van der Waals surface area contributed by atoms with Crippen molar-refractivity contribution in [2.24, 2.45) is 0 Å². The van der Waals surface area contributed by atoms with Gasteiger partial charge in [-0.15, -0.1) is 0 Å². The number of sulfonamides is 1. The van der Waals surface area contributed by atoms with Crippen molar-refractivity contribution in [1.29, 1.82) is 0 Å². The average Bonchev–Trinajstić information content (AvgIpc) is 2.74. The minimum absolute atomic E-state index is 0.0652. The molecule has 0 atom stereocenters. The van der Waals surface area contributed by atoms with Gasteiger partial charge < -0.3 is 14.7 Å². The summed E-state index contributed by atoms with van der Waals surface area (Å²) < 4.78 is 47.3. The molecular weight excluding hydrogens is 475 g/mol. The molecular formula is C21H16ClFN4O5S. The fraction of sp³-hybridized carbons (Fsp3) is 0.0952. The summed E-state index contributed by atoms with van der Waals surface area (Å²) in [5, 5.41) is 0.0944. The Morgan fingerprint density at radius 1 is 1.06 bits per heavy atom. The molecule has 33 heavy (non-hydrogen) atoms. The van der Waals surface area contributed by atoms with Crippen LogP contribution in [-0.4, -0.2) is 30.5 Å². The number of H-pyrrole nitrogens is 2. The average molecular weight is 491 g/mol. The fourth-order valence-electron chi connectivity index (χ4n) is 3.27. The predicted molar refractivity (Wildman–Crippen MR) is 122 cm³/mol. The third kappa shape index (κ3) is 4.32. The normalized spacial score (nSPS) is 11.5. The number of nitrogens with one attached hydrogen (secondary N) is 3. The van der Waals surface area contributed by atoms with E-state index in [0.29, 0.717) is 11.1 Å². The number of aryl methyl sites for hydroxylation is 1. The molecule has 9 nitrogen and oxygen atoms in total. The first kappa shape index (κ1) is 22.5. The maximum atomic E-state index is 14.0. The first-order valence-corrected chi connectivity index (χ1v) is 11.2. The summed E-state index contributed by atoms with van der Waals surface area (Å²) in [5.74, 6) is -0.528. The lowest BCUT2D eigenvalue weighted by atomic mass is 10.1. The van der Waals surface area contributed by atoms with Gasteiger partial charge in [-0.1, -0.05) is 11.6 Å². The van der Waals surface area contributed by atoms with Crippen LogP contribution in [0.4, 0.5) is 10.1 Å². The molecule has 0 fully saturated rings. The zero-order chi connectivity index (χ0) is 23.9. The lowest BCUT2D eigenvalue weighted by molar-refractivity contribution is 0.386. The van der Waals surface area contributed by atoms with Gasteiger partial charge in [0.05, 0.1) is 45.6 Å². The highest BCUT2D eigenvalue weighted by molar-refractivity contribution is 7.92. The van der Waals surface area contributed by atoms with Crippen molar-refractivity contribution in [1.82, 2.24) is 15.0 Å². The van der Waals surface area contributed by atoms with E-state index in [4.69, 9.17) is 16.3 Å². The largest absolute Gasteiger partial charge is 0.494 e. The fourth-order valence-corrected chi connectivity index (χ4v) is 4.84. The van der Waals surface area contributed by atoms with Crippen LogP contribution in [0.2, 0.25) is 5.02 Å². The van der Waals surface area contributed by atoms with Crippen molar-refractivity contribution >= 4 is 38.3 Å². The topological polar surface area (TPSA) is 134 Å². The van der Waals surface area contributed by atoms with Crippen LogP contribution >= 0.6 is 11.6 Å². The Kier molecular flexibility index (Phi) is 5.68. The Balaban J connectivity index is 1.69.